The van der Waals surface area contributed by atoms with Crippen LogP contribution in [0.3, 0.4) is 0 Å². The number of esters is 1. The summed E-state index contributed by atoms with van der Waals surface area (Å²) in [5.41, 5.74) is 2.44. The maximum Gasteiger partial charge on any atom is 0.338 e. The number of benzene rings is 2. The van der Waals surface area contributed by atoms with Gasteiger partial charge in [-0.1, -0.05) is 35.9 Å². The molecule has 1 amide bonds. The van der Waals surface area contributed by atoms with E-state index in [9.17, 15) is 18.0 Å². The first-order valence-electron chi connectivity index (χ1n) is 10.5. The Morgan fingerprint density at radius 1 is 1.06 bits per heavy atom. The molecule has 0 unspecified atom stereocenters. The van der Waals surface area contributed by atoms with Crippen LogP contribution in [-0.2, 0) is 26.0 Å². The molecule has 0 radical (unpaired) electrons. The number of rotatable bonds is 9. The van der Waals surface area contributed by atoms with Crippen molar-refractivity contribution in [3.05, 3.63) is 65.2 Å². The molecule has 1 fully saturated rings. The SMILES string of the molecule is Cc1ccc(CCC(=O)NCCOC(=O)c2cccc(S(=O)(=O)N3CCCC3)c2)cc1. The molecule has 2 aromatic carbocycles. The zero-order chi connectivity index (χ0) is 22.3. The molecule has 2 aromatic rings. The topological polar surface area (TPSA) is 92.8 Å². The summed E-state index contributed by atoms with van der Waals surface area (Å²) in [7, 11) is -3.59. The van der Waals surface area contributed by atoms with Gasteiger partial charge in [0.15, 0.2) is 0 Å². The third kappa shape index (κ3) is 6.38. The predicted octanol–water partition coefficient (Wildman–Crippen LogP) is 2.69. The van der Waals surface area contributed by atoms with Crippen LogP contribution in [0.5, 0.6) is 0 Å². The van der Waals surface area contributed by atoms with Gasteiger partial charge in [0.2, 0.25) is 15.9 Å². The second kappa shape index (κ2) is 10.5. The van der Waals surface area contributed by atoms with E-state index in [-0.39, 0.29) is 29.5 Å². The van der Waals surface area contributed by atoms with Crippen LogP contribution in [-0.4, -0.2) is 50.8 Å². The van der Waals surface area contributed by atoms with E-state index >= 15 is 0 Å². The minimum Gasteiger partial charge on any atom is -0.460 e. The molecule has 1 saturated heterocycles. The van der Waals surface area contributed by atoms with E-state index in [0.29, 0.717) is 25.9 Å². The van der Waals surface area contributed by atoms with E-state index in [1.807, 2.05) is 31.2 Å². The number of hydrogen-bond acceptors (Lipinski definition) is 5. The minimum atomic E-state index is -3.59. The molecule has 1 aliphatic heterocycles. The largest absolute Gasteiger partial charge is 0.460 e. The van der Waals surface area contributed by atoms with E-state index in [4.69, 9.17) is 4.74 Å². The van der Waals surface area contributed by atoms with Crippen molar-refractivity contribution in [1.82, 2.24) is 9.62 Å². The first kappa shape index (κ1) is 23.0. The molecule has 3 rings (SSSR count). The van der Waals surface area contributed by atoms with E-state index in [1.54, 1.807) is 0 Å². The molecule has 0 atom stereocenters. The monoisotopic (exact) mass is 444 g/mol. The molecule has 0 aromatic heterocycles. The summed E-state index contributed by atoms with van der Waals surface area (Å²) >= 11 is 0. The van der Waals surface area contributed by atoms with E-state index in [2.05, 4.69) is 5.32 Å². The van der Waals surface area contributed by atoms with Crippen molar-refractivity contribution in [2.75, 3.05) is 26.2 Å². The maximum atomic E-state index is 12.7. The van der Waals surface area contributed by atoms with Gasteiger partial charge in [-0.3, -0.25) is 4.79 Å². The first-order chi connectivity index (χ1) is 14.9. The van der Waals surface area contributed by atoms with Gasteiger partial charge in [0.1, 0.15) is 6.61 Å². The van der Waals surface area contributed by atoms with Gasteiger partial charge in [0.25, 0.3) is 0 Å². The highest BCUT2D eigenvalue weighted by atomic mass is 32.2. The van der Waals surface area contributed by atoms with E-state index in [0.717, 1.165) is 18.4 Å². The van der Waals surface area contributed by atoms with Crippen LogP contribution >= 0.6 is 0 Å². The summed E-state index contributed by atoms with van der Waals surface area (Å²) in [4.78, 5) is 24.3. The predicted molar refractivity (Wildman–Crippen MR) is 117 cm³/mol. The highest BCUT2D eigenvalue weighted by Gasteiger charge is 2.27. The summed E-state index contributed by atoms with van der Waals surface area (Å²) in [5, 5.41) is 2.73. The summed E-state index contributed by atoms with van der Waals surface area (Å²) in [5.74, 6) is -0.734. The van der Waals surface area contributed by atoms with Gasteiger partial charge in [-0.25, -0.2) is 13.2 Å². The Balaban J connectivity index is 1.43. The van der Waals surface area contributed by atoms with Crippen LogP contribution in [0, 0.1) is 6.92 Å². The summed E-state index contributed by atoms with van der Waals surface area (Å²) in [6, 6.07) is 13.9. The number of carbonyl (C=O) groups excluding carboxylic acids is 2. The number of aryl methyl sites for hydroxylation is 2. The average molecular weight is 445 g/mol. The van der Waals surface area contributed by atoms with Gasteiger partial charge in [-0.15, -0.1) is 0 Å². The second-order valence-electron chi connectivity index (χ2n) is 7.61. The molecule has 7 nitrogen and oxygen atoms in total. The lowest BCUT2D eigenvalue weighted by Gasteiger charge is -2.15. The Bertz CT molecular complexity index is 1010. The van der Waals surface area contributed by atoms with Crippen molar-refractivity contribution in [3.63, 3.8) is 0 Å². The molecule has 166 valence electrons. The zero-order valence-corrected chi connectivity index (χ0v) is 18.5. The number of hydrogen-bond donors (Lipinski definition) is 1. The van der Waals surface area contributed by atoms with Crippen molar-refractivity contribution < 1.29 is 22.7 Å². The fraction of sp³-hybridized carbons (Fsp3) is 0.391. The molecule has 1 aliphatic rings. The molecule has 31 heavy (non-hydrogen) atoms. The molecule has 1 heterocycles. The number of carbonyl (C=O) groups is 2. The molecular formula is C23H28N2O5S. The van der Waals surface area contributed by atoms with Gasteiger partial charge >= 0.3 is 5.97 Å². The molecule has 0 bridgehead atoms. The standard InChI is InChI=1S/C23H28N2O5S/c1-18-7-9-19(10-8-18)11-12-22(26)24-13-16-30-23(27)20-5-4-6-21(17-20)31(28,29)25-14-2-3-15-25/h4-10,17H,2-3,11-16H2,1H3,(H,24,26). The van der Waals surface area contributed by atoms with Gasteiger partial charge in [-0.05, 0) is 49.9 Å². The van der Waals surface area contributed by atoms with Gasteiger partial charge in [0, 0.05) is 19.5 Å². The number of sulfonamides is 1. The van der Waals surface area contributed by atoms with Crippen molar-refractivity contribution >= 4 is 21.9 Å². The van der Waals surface area contributed by atoms with Crippen LogP contribution < -0.4 is 5.32 Å². The van der Waals surface area contributed by atoms with Crippen LogP contribution in [0.25, 0.3) is 0 Å². The summed E-state index contributed by atoms with van der Waals surface area (Å²) in [6.07, 6.45) is 2.69. The third-order valence-corrected chi connectivity index (χ3v) is 7.09. The second-order valence-corrected chi connectivity index (χ2v) is 9.55. The normalized spacial score (nSPS) is 14.4. The smallest absolute Gasteiger partial charge is 0.338 e. The minimum absolute atomic E-state index is 0.0121. The molecule has 1 N–H and O–H groups in total. The highest BCUT2D eigenvalue weighted by Crippen LogP contribution is 2.21. The quantitative estimate of drug-likeness (QED) is 0.474. The zero-order valence-electron chi connectivity index (χ0n) is 17.7. The Kier molecular flexibility index (Phi) is 7.81. The Labute approximate surface area is 183 Å². The van der Waals surface area contributed by atoms with Crippen LogP contribution in [0.2, 0.25) is 0 Å². The Morgan fingerprint density at radius 2 is 1.77 bits per heavy atom. The summed E-state index contributed by atoms with van der Waals surface area (Å²) in [6.45, 7) is 3.23. The lowest BCUT2D eigenvalue weighted by Crippen LogP contribution is -2.28. The molecule has 8 heteroatoms. The number of nitrogens with zero attached hydrogens (tertiary/aromatic N) is 1. The Morgan fingerprint density at radius 3 is 2.48 bits per heavy atom. The lowest BCUT2D eigenvalue weighted by molar-refractivity contribution is -0.121. The van der Waals surface area contributed by atoms with Crippen LogP contribution in [0.1, 0.15) is 40.7 Å². The van der Waals surface area contributed by atoms with Crippen LogP contribution in [0.15, 0.2) is 53.4 Å². The number of amides is 1. The van der Waals surface area contributed by atoms with E-state index < -0.39 is 16.0 Å². The molecular weight excluding hydrogens is 416 g/mol. The first-order valence-corrected chi connectivity index (χ1v) is 11.9. The van der Waals surface area contributed by atoms with E-state index in [1.165, 1.54) is 34.1 Å². The van der Waals surface area contributed by atoms with Crippen molar-refractivity contribution in [2.24, 2.45) is 0 Å². The highest BCUT2D eigenvalue weighted by molar-refractivity contribution is 7.89. The number of ether oxygens (including phenoxy) is 1. The fourth-order valence-electron chi connectivity index (χ4n) is 3.38. The molecule has 0 aliphatic carbocycles. The van der Waals surface area contributed by atoms with Crippen LogP contribution in [0.4, 0.5) is 0 Å². The van der Waals surface area contributed by atoms with Gasteiger partial charge in [-0.2, -0.15) is 4.31 Å². The van der Waals surface area contributed by atoms with Crippen molar-refractivity contribution in [3.8, 4) is 0 Å². The summed E-state index contributed by atoms with van der Waals surface area (Å²) < 4.78 is 31.9. The molecule has 0 saturated carbocycles. The van der Waals surface area contributed by atoms with Gasteiger partial charge < -0.3 is 10.1 Å². The van der Waals surface area contributed by atoms with Crippen molar-refractivity contribution in [1.29, 1.82) is 0 Å². The lowest BCUT2D eigenvalue weighted by atomic mass is 10.1. The Hall–Kier alpha value is -2.71. The van der Waals surface area contributed by atoms with Gasteiger partial charge in [0.05, 0.1) is 17.0 Å². The number of nitrogens with one attached hydrogen (secondary N) is 1. The third-order valence-electron chi connectivity index (χ3n) is 5.19. The fourth-order valence-corrected chi connectivity index (χ4v) is 4.94. The average Bonchev–Trinajstić information content (AvgIpc) is 3.32. The molecule has 0 spiro atoms. The van der Waals surface area contributed by atoms with Crippen molar-refractivity contribution in [2.45, 2.75) is 37.5 Å². The maximum absolute atomic E-state index is 12.7.